The van der Waals surface area contributed by atoms with Gasteiger partial charge in [0.1, 0.15) is 0 Å². The van der Waals surface area contributed by atoms with Crippen LogP contribution in [0.15, 0.2) is 0 Å². The minimum absolute atomic E-state index is 0.356. The average Bonchev–Trinajstić information content (AvgIpc) is 2.12. The normalized spacial score (nSPS) is 31.5. The molecule has 0 radical (unpaired) electrons. The standard InChI is InChI=1S/C11H21NO2/c1-9(2)5-11(7-14-8-11)10-6-13-4-3-12-10/h9-10,12H,3-8H2,1-2H3. The van der Waals surface area contributed by atoms with E-state index in [0.29, 0.717) is 11.5 Å². The summed E-state index contributed by atoms with van der Waals surface area (Å²) in [7, 11) is 0. The molecule has 3 nitrogen and oxygen atoms in total. The maximum absolute atomic E-state index is 5.53. The molecule has 3 heteroatoms. The number of nitrogens with one attached hydrogen (secondary N) is 1. The van der Waals surface area contributed by atoms with Gasteiger partial charge in [-0.25, -0.2) is 0 Å². The molecule has 0 saturated carbocycles. The Bertz CT molecular complexity index is 184. The van der Waals surface area contributed by atoms with Crippen LogP contribution in [0.2, 0.25) is 0 Å². The Morgan fingerprint density at radius 2 is 2.14 bits per heavy atom. The van der Waals surface area contributed by atoms with Crippen molar-refractivity contribution >= 4 is 0 Å². The number of ether oxygens (including phenoxy) is 2. The fraction of sp³-hybridized carbons (Fsp3) is 1.00. The van der Waals surface area contributed by atoms with Crippen LogP contribution in [-0.2, 0) is 9.47 Å². The molecule has 0 aromatic carbocycles. The van der Waals surface area contributed by atoms with Gasteiger partial charge < -0.3 is 14.8 Å². The van der Waals surface area contributed by atoms with E-state index in [-0.39, 0.29) is 0 Å². The molecule has 0 bridgehead atoms. The molecule has 0 aliphatic carbocycles. The van der Waals surface area contributed by atoms with Crippen molar-refractivity contribution in [2.24, 2.45) is 11.3 Å². The van der Waals surface area contributed by atoms with E-state index in [1.807, 2.05) is 0 Å². The Balaban J connectivity index is 1.95. The number of morpholine rings is 1. The van der Waals surface area contributed by atoms with E-state index in [9.17, 15) is 0 Å². The van der Waals surface area contributed by atoms with Gasteiger partial charge in [-0.15, -0.1) is 0 Å². The maximum atomic E-state index is 5.53. The Labute approximate surface area is 86.2 Å². The summed E-state index contributed by atoms with van der Waals surface area (Å²) < 4.78 is 10.9. The van der Waals surface area contributed by atoms with Gasteiger partial charge in [0, 0.05) is 18.0 Å². The van der Waals surface area contributed by atoms with Gasteiger partial charge >= 0.3 is 0 Å². The number of hydrogen-bond donors (Lipinski definition) is 1. The van der Waals surface area contributed by atoms with E-state index in [4.69, 9.17) is 9.47 Å². The van der Waals surface area contributed by atoms with Crippen LogP contribution in [0, 0.1) is 11.3 Å². The average molecular weight is 199 g/mol. The highest BCUT2D eigenvalue weighted by atomic mass is 16.5. The van der Waals surface area contributed by atoms with Crippen molar-refractivity contribution < 1.29 is 9.47 Å². The first-order chi connectivity index (χ1) is 6.73. The zero-order valence-corrected chi connectivity index (χ0v) is 9.21. The minimum Gasteiger partial charge on any atom is -0.380 e. The molecule has 0 aromatic heterocycles. The maximum Gasteiger partial charge on any atom is 0.0627 e. The van der Waals surface area contributed by atoms with Crippen molar-refractivity contribution in [3.63, 3.8) is 0 Å². The lowest BCUT2D eigenvalue weighted by molar-refractivity contribution is -0.159. The molecule has 2 aliphatic heterocycles. The van der Waals surface area contributed by atoms with Crippen molar-refractivity contribution in [3.05, 3.63) is 0 Å². The number of hydrogen-bond acceptors (Lipinski definition) is 3. The molecule has 2 rings (SSSR count). The lowest BCUT2D eigenvalue weighted by Crippen LogP contribution is -2.61. The molecule has 1 unspecified atom stereocenters. The summed E-state index contributed by atoms with van der Waals surface area (Å²) in [5.74, 6) is 0.739. The minimum atomic E-state index is 0.356. The van der Waals surface area contributed by atoms with Gasteiger partial charge in [0.2, 0.25) is 0 Å². The third-order valence-corrected chi connectivity index (χ3v) is 3.25. The third kappa shape index (κ3) is 1.95. The molecule has 0 spiro atoms. The number of rotatable bonds is 3. The summed E-state index contributed by atoms with van der Waals surface area (Å²) in [4.78, 5) is 0. The second-order valence-corrected chi connectivity index (χ2v) is 5.03. The van der Waals surface area contributed by atoms with Crippen LogP contribution in [0.1, 0.15) is 20.3 Å². The van der Waals surface area contributed by atoms with Gasteiger partial charge in [0.05, 0.1) is 26.4 Å². The summed E-state index contributed by atoms with van der Waals surface area (Å²) in [5.41, 5.74) is 0.356. The van der Waals surface area contributed by atoms with E-state index < -0.39 is 0 Å². The topological polar surface area (TPSA) is 30.5 Å². The summed E-state index contributed by atoms with van der Waals surface area (Å²) in [6.07, 6.45) is 1.24. The highest BCUT2D eigenvalue weighted by Crippen LogP contribution is 2.38. The van der Waals surface area contributed by atoms with Crippen LogP contribution in [0.5, 0.6) is 0 Å². The highest BCUT2D eigenvalue weighted by Gasteiger charge is 2.46. The zero-order valence-electron chi connectivity index (χ0n) is 9.21. The van der Waals surface area contributed by atoms with E-state index in [0.717, 1.165) is 38.9 Å². The summed E-state index contributed by atoms with van der Waals surface area (Å²) in [6, 6.07) is 0.507. The van der Waals surface area contributed by atoms with Gasteiger partial charge in [0.25, 0.3) is 0 Å². The molecule has 82 valence electrons. The summed E-state index contributed by atoms with van der Waals surface area (Å²) in [6.45, 7) is 9.08. The quantitative estimate of drug-likeness (QED) is 0.736. The van der Waals surface area contributed by atoms with Crippen molar-refractivity contribution in [2.45, 2.75) is 26.3 Å². The van der Waals surface area contributed by atoms with Crippen molar-refractivity contribution in [2.75, 3.05) is 33.0 Å². The van der Waals surface area contributed by atoms with E-state index >= 15 is 0 Å². The molecule has 2 heterocycles. The highest BCUT2D eigenvalue weighted by molar-refractivity contribution is 4.97. The van der Waals surface area contributed by atoms with Crippen LogP contribution in [-0.4, -0.2) is 39.0 Å². The molecule has 2 aliphatic rings. The largest absolute Gasteiger partial charge is 0.380 e. The van der Waals surface area contributed by atoms with E-state index in [2.05, 4.69) is 19.2 Å². The lowest BCUT2D eigenvalue weighted by Gasteiger charge is -2.49. The van der Waals surface area contributed by atoms with Crippen molar-refractivity contribution in [1.82, 2.24) is 5.32 Å². The molecule has 2 saturated heterocycles. The molecule has 14 heavy (non-hydrogen) atoms. The van der Waals surface area contributed by atoms with Gasteiger partial charge in [-0.05, 0) is 12.3 Å². The monoisotopic (exact) mass is 199 g/mol. The first kappa shape index (κ1) is 10.4. The SMILES string of the molecule is CC(C)CC1(C2COCCN2)COC1. The predicted molar refractivity (Wildman–Crippen MR) is 55.3 cm³/mol. The van der Waals surface area contributed by atoms with Crippen LogP contribution in [0.25, 0.3) is 0 Å². The van der Waals surface area contributed by atoms with Crippen molar-refractivity contribution in [3.8, 4) is 0 Å². The molecular formula is C11H21NO2. The Hall–Kier alpha value is -0.120. The first-order valence-electron chi connectivity index (χ1n) is 5.62. The van der Waals surface area contributed by atoms with Gasteiger partial charge in [0.15, 0.2) is 0 Å². The van der Waals surface area contributed by atoms with Gasteiger partial charge in [-0.3, -0.25) is 0 Å². The van der Waals surface area contributed by atoms with Crippen molar-refractivity contribution in [1.29, 1.82) is 0 Å². The first-order valence-corrected chi connectivity index (χ1v) is 5.62. The van der Waals surface area contributed by atoms with Crippen LogP contribution in [0.4, 0.5) is 0 Å². The van der Waals surface area contributed by atoms with Crippen LogP contribution in [0.3, 0.4) is 0 Å². The zero-order chi connectivity index (χ0) is 10.0. The molecule has 2 fully saturated rings. The molecule has 1 N–H and O–H groups in total. The molecule has 1 atom stereocenters. The third-order valence-electron chi connectivity index (χ3n) is 3.25. The Morgan fingerprint density at radius 3 is 2.57 bits per heavy atom. The van der Waals surface area contributed by atoms with Crippen LogP contribution >= 0.6 is 0 Å². The van der Waals surface area contributed by atoms with Crippen LogP contribution < -0.4 is 5.32 Å². The fourth-order valence-electron chi connectivity index (χ4n) is 2.60. The second-order valence-electron chi connectivity index (χ2n) is 5.03. The Morgan fingerprint density at radius 1 is 1.36 bits per heavy atom. The van der Waals surface area contributed by atoms with Gasteiger partial charge in [-0.2, -0.15) is 0 Å². The van der Waals surface area contributed by atoms with E-state index in [1.54, 1.807) is 0 Å². The molecular weight excluding hydrogens is 178 g/mol. The summed E-state index contributed by atoms with van der Waals surface area (Å²) in [5, 5.41) is 3.56. The molecule has 0 amide bonds. The molecule has 0 aromatic rings. The summed E-state index contributed by atoms with van der Waals surface area (Å²) >= 11 is 0. The van der Waals surface area contributed by atoms with Gasteiger partial charge in [-0.1, -0.05) is 13.8 Å². The smallest absolute Gasteiger partial charge is 0.0627 e. The Kier molecular flexibility index (Phi) is 3.10. The van der Waals surface area contributed by atoms with E-state index in [1.165, 1.54) is 6.42 Å². The fourth-order valence-corrected chi connectivity index (χ4v) is 2.60. The predicted octanol–water partition coefficient (Wildman–Crippen LogP) is 1.04. The lowest BCUT2D eigenvalue weighted by atomic mass is 9.72. The second kappa shape index (κ2) is 4.17.